The minimum atomic E-state index is -2.55. The topological polar surface area (TPSA) is 86.7 Å². The molecule has 0 atom stereocenters. The summed E-state index contributed by atoms with van der Waals surface area (Å²) in [5.41, 5.74) is -3.07. The molecule has 0 rings (SSSR count). The Kier molecular flexibility index (Phi) is 9.61. The van der Waals surface area contributed by atoms with Crippen LogP contribution in [0.3, 0.4) is 0 Å². The number of ketones is 4. The summed E-state index contributed by atoms with van der Waals surface area (Å²) in [6.07, 6.45) is -2.48. The SMILES string of the molecule is CC(C)(C)C(=O)C([O][Pb][O]C(C(=O)C(C)(C)C)C(=O)C(C)(C)C)C(=O)C(C)(C)C. The number of carbonyl (C=O) groups excluding carboxylic acids is 4. The van der Waals surface area contributed by atoms with Crippen molar-refractivity contribution in [1.82, 2.24) is 0 Å². The Morgan fingerprint density at radius 1 is 0.483 bits per heavy atom. The summed E-state index contributed by atoms with van der Waals surface area (Å²) in [6.45, 7) is 20.7. The summed E-state index contributed by atoms with van der Waals surface area (Å²) in [5.74, 6) is -1.30. The van der Waals surface area contributed by atoms with E-state index in [9.17, 15) is 19.2 Å². The van der Waals surface area contributed by atoms with E-state index in [0.717, 1.165) is 0 Å². The van der Waals surface area contributed by atoms with Gasteiger partial charge in [-0.1, -0.05) is 0 Å². The Hall–Kier alpha value is -0.478. The average Bonchev–Trinajstić information content (AvgIpc) is 2.49. The van der Waals surface area contributed by atoms with Gasteiger partial charge in [0.05, 0.1) is 0 Å². The van der Waals surface area contributed by atoms with Crippen molar-refractivity contribution in [3.8, 4) is 0 Å². The molecule has 7 heteroatoms. The molecule has 0 fully saturated rings. The van der Waals surface area contributed by atoms with E-state index in [0.29, 0.717) is 0 Å². The van der Waals surface area contributed by atoms with Crippen molar-refractivity contribution in [3.63, 3.8) is 0 Å². The second-order valence-electron chi connectivity index (χ2n) is 11.5. The first-order valence-electron chi connectivity index (χ1n) is 9.85. The van der Waals surface area contributed by atoms with E-state index in [4.69, 9.17) is 5.37 Å². The van der Waals surface area contributed by atoms with Crippen molar-refractivity contribution >= 4 is 48.3 Å². The zero-order valence-electron chi connectivity index (χ0n) is 20.1. The van der Waals surface area contributed by atoms with Gasteiger partial charge in [-0.15, -0.1) is 0 Å². The Balaban J connectivity index is 5.65. The van der Waals surface area contributed by atoms with Crippen LogP contribution in [0.1, 0.15) is 83.1 Å². The molecule has 2 radical (unpaired) electrons. The molecular formula is C22H38O6Pb. The fourth-order valence-electron chi connectivity index (χ4n) is 2.15. The summed E-state index contributed by atoms with van der Waals surface area (Å²) in [5, 5.41) is 0. The molecule has 0 aromatic carbocycles. The van der Waals surface area contributed by atoms with E-state index in [1.807, 2.05) is 0 Å². The molecule has 0 aliphatic heterocycles. The van der Waals surface area contributed by atoms with Gasteiger partial charge in [-0.05, 0) is 0 Å². The van der Waals surface area contributed by atoms with Gasteiger partial charge in [-0.25, -0.2) is 0 Å². The van der Waals surface area contributed by atoms with Crippen LogP contribution in [0.25, 0.3) is 0 Å². The average molecular weight is 606 g/mol. The second kappa shape index (κ2) is 9.77. The van der Waals surface area contributed by atoms with E-state index in [1.54, 1.807) is 83.1 Å². The number of hydrogen-bond acceptors (Lipinski definition) is 6. The van der Waals surface area contributed by atoms with E-state index >= 15 is 0 Å². The first-order valence-corrected chi connectivity index (χ1v) is 13.0. The van der Waals surface area contributed by atoms with Crippen LogP contribution in [0.15, 0.2) is 0 Å². The standard InChI is InChI=1S/2C11H19O3.Pb/c2*1-10(2,3)8(13)7(12)9(14)11(4,5)6;/h2*7H,1-6H3;/q2*-1;+2. The number of rotatable bonds is 8. The van der Waals surface area contributed by atoms with Crippen LogP contribution in [0, 0.1) is 21.7 Å². The van der Waals surface area contributed by atoms with Gasteiger partial charge in [-0.3, -0.25) is 0 Å². The summed E-state index contributed by atoms with van der Waals surface area (Å²) in [6, 6.07) is 0. The van der Waals surface area contributed by atoms with Crippen LogP contribution >= 0.6 is 0 Å². The maximum absolute atomic E-state index is 12.8. The van der Waals surface area contributed by atoms with Gasteiger partial charge in [-0.2, -0.15) is 0 Å². The molecule has 166 valence electrons. The fourth-order valence-corrected chi connectivity index (χ4v) is 4.78. The molecule has 0 aromatic rings. The van der Waals surface area contributed by atoms with Gasteiger partial charge < -0.3 is 0 Å². The predicted molar refractivity (Wildman–Crippen MR) is 113 cm³/mol. The molecule has 0 saturated heterocycles. The van der Waals surface area contributed by atoms with E-state index < -0.39 is 59.0 Å². The van der Waals surface area contributed by atoms with Gasteiger partial charge in [0, 0.05) is 0 Å². The third-order valence-electron chi connectivity index (χ3n) is 4.24. The molecule has 0 unspecified atom stereocenters. The molecule has 0 aromatic heterocycles. The van der Waals surface area contributed by atoms with Gasteiger partial charge in [0.25, 0.3) is 0 Å². The quantitative estimate of drug-likeness (QED) is 0.310. The van der Waals surface area contributed by atoms with Crippen LogP contribution in [-0.4, -0.2) is 60.5 Å². The van der Waals surface area contributed by atoms with Gasteiger partial charge in [0.2, 0.25) is 0 Å². The fraction of sp³-hybridized carbons (Fsp3) is 0.818. The third kappa shape index (κ3) is 8.65. The van der Waals surface area contributed by atoms with Crippen molar-refractivity contribution in [3.05, 3.63) is 0 Å². The second-order valence-corrected chi connectivity index (χ2v) is 14.0. The molecule has 0 amide bonds. The first kappa shape index (κ1) is 28.5. The summed E-state index contributed by atoms with van der Waals surface area (Å²) in [7, 11) is 0. The van der Waals surface area contributed by atoms with Crippen LogP contribution in [0.4, 0.5) is 0 Å². The summed E-state index contributed by atoms with van der Waals surface area (Å²) >= 11 is -2.55. The first-order chi connectivity index (χ1) is 12.6. The summed E-state index contributed by atoms with van der Waals surface area (Å²) < 4.78 is 11.5. The van der Waals surface area contributed by atoms with Crippen LogP contribution in [0.5, 0.6) is 0 Å². The maximum atomic E-state index is 12.8. The number of Topliss-reactive ketones (excluding diaryl/α,β-unsaturated/α-hetero) is 4. The number of hydrogen-bond donors (Lipinski definition) is 0. The van der Waals surface area contributed by atoms with Crippen molar-refractivity contribution < 1.29 is 24.6 Å². The molecule has 6 nitrogen and oxygen atoms in total. The normalized spacial score (nSPS) is 13.7. The van der Waals surface area contributed by atoms with Crippen LogP contribution < -0.4 is 0 Å². The van der Waals surface area contributed by atoms with Gasteiger partial charge >= 0.3 is 190 Å². The predicted octanol–water partition coefficient (Wildman–Crippen LogP) is 3.75. The molecule has 0 heterocycles. The van der Waals surface area contributed by atoms with E-state index in [-0.39, 0.29) is 23.1 Å². The molecule has 29 heavy (non-hydrogen) atoms. The zero-order valence-corrected chi connectivity index (χ0v) is 24.0. The van der Waals surface area contributed by atoms with Crippen LogP contribution in [-0.2, 0) is 24.6 Å². The zero-order chi connectivity index (χ0) is 23.6. The molecule has 0 aliphatic rings. The Morgan fingerprint density at radius 2 is 0.655 bits per heavy atom. The Bertz CT molecular complexity index is 530. The Labute approximate surface area is 189 Å². The molecule has 0 aliphatic carbocycles. The van der Waals surface area contributed by atoms with Gasteiger partial charge in [0.1, 0.15) is 0 Å². The minimum absolute atomic E-state index is 0.325. The summed E-state index contributed by atoms with van der Waals surface area (Å²) in [4.78, 5) is 51.2. The van der Waals surface area contributed by atoms with Crippen molar-refractivity contribution in [1.29, 1.82) is 0 Å². The molecule has 0 saturated carbocycles. The van der Waals surface area contributed by atoms with Gasteiger partial charge in [0.15, 0.2) is 0 Å². The molecule has 0 N–H and O–H groups in total. The molecular weight excluding hydrogens is 567 g/mol. The van der Waals surface area contributed by atoms with E-state index in [1.165, 1.54) is 0 Å². The molecule has 0 bridgehead atoms. The Morgan fingerprint density at radius 3 is 0.793 bits per heavy atom. The van der Waals surface area contributed by atoms with Crippen molar-refractivity contribution in [2.24, 2.45) is 21.7 Å². The van der Waals surface area contributed by atoms with E-state index in [2.05, 4.69) is 0 Å². The van der Waals surface area contributed by atoms with Crippen LogP contribution in [0.2, 0.25) is 0 Å². The molecule has 0 spiro atoms. The van der Waals surface area contributed by atoms with Crippen molar-refractivity contribution in [2.75, 3.05) is 0 Å². The van der Waals surface area contributed by atoms with Crippen molar-refractivity contribution in [2.45, 2.75) is 95.3 Å². The monoisotopic (exact) mass is 606 g/mol. The third-order valence-corrected chi connectivity index (χ3v) is 6.82. The number of carbonyl (C=O) groups is 4.